The van der Waals surface area contributed by atoms with Crippen molar-refractivity contribution in [2.75, 3.05) is 5.32 Å². The van der Waals surface area contributed by atoms with E-state index in [-0.39, 0.29) is 23.8 Å². The minimum absolute atomic E-state index is 0.0503. The number of hydrogen-bond acceptors (Lipinski definition) is 6. The van der Waals surface area contributed by atoms with Crippen molar-refractivity contribution in [1.82, 2.24) is 9.97 Å². The normalized spacial score (nSPS) is 10.2. The van der Waals surface area contributed by atoms with Gasteiger partial charge in [0.05, 0.1) is 11.8 Å². The maximum atomic E-state index is 12.0. The summed E-state index contributed by atoms with van der Waals surface area (Å²) in [5, 5.41) is 11.6. The number of anilines is 1. The molecule has 0 fully saturated rings. The number of aromatic nitrogens is 2. The van der Waals surface area contributed by atoms with Gasteiger partial charge in [-0.05, 0) is 11.6 Å². The predicted octanol–water partition coefficient (Wildman–Crippen LogP) is 3.18. The van der Waals surface area contributed by atoms with Crippen LogP contribution < -0.4 is 5.32 Å². The molecule has 0 radical (unpaired) electrons. The molecular weight excluding hydrogens is 326 g/mol. The Labute approximate surface area is 142 Å². The van der Waals surface area contributed by atoms with E-state index in [0.29, 0.717) is 5.56 Å². The van der Waals surface area contributed by atoms with Crippen LogP contribution in [-0.2, 0) is 11.3 Å². The molecule has 0 aliphatic rings. The molecule has 2 aromatic heterocycles. The first-order valence-corrected chi connectivity index (χ1v) is 7.24. The zero-order valence-corrected chi connectivity index (χ0v) is 12.9. The highest BCUT2D eigenvalue weighted by atomic mass is 16.5. The predicted molar refractivity (Wildman–Crippen MR) is 86.9 cm³/mol. The molecule has 8 nitrogen and oxygen atoms in total. The van der Waals surface area contributed by atoms with Gasteiger partial charge in [0.25, 0.3) is 0 Å². The quantitative estimate of drug-likeness (QED) is 0.733. The SMILES string of the molecule is O=C(Nc1nc(-c2ccoc2)ncc1C(=O)O)OCc1ccccc1. The van der Waals surface area contributed by atoms with Crippen molar-refractivity contribution in [2.24, 2.45) is 0 Å². The standard InChI is InChI=1S/C17H13N3O5/c21-16(22)13-8-18-14(12-6-7-24-10-12)19-15(13)20-17(23)25-9-11-4-2-1-3-5-11/h1-8,10H,9H2,(H,21,22)(H,18,19,20,23). The van der Waals surface area contributed by atoms with Crippen LogP contribution >= 0.6 is 0 Å². The van der Waals surface area contributed by atoms with Crippen molar-refractivity contribution in [3.05, 3.63) is 66.2 Å². The number of hydrogen-bond donors (Lipinski definition) is 2. The van der Waals surface area contributed by atoms with Crippen molar-refractivity contribution in [3.63, 3.8) is 0 Å². The molecule has 2 heterocycles. The van der Waals surface area contributed by atoms with E-state index in [9.17, 15) is 14.7 Å². The molecule has 0 spiro atoms. The van der Waals surface area contributed by atoms with E-state index >= 15 is 0 Å². The molecule has 3 aromatic rings. The number of nitrogens with one attached hydrogen (secondary N) is 1. The van der Waals surface area contributed by atoms with Crippen LogP contribution in [0, 0.1) is 0 Å². The summed E-state index contributed by atoms with van der Waals surface area (Å²) in [5.41, 5.74) is 1.11. The summed E-state index contributed by atoms with van der Waals surface area (Å²) in [6.07, 6.45) is 3.14. The molecule has 0 saturated carbocycles. The number of amides is 1. The second-order valence-corrected chi connectivity index (χ2v) is 4.96. The van der Waals surface area contributed by atoms with Crippen LogP contribution in [0.5, 0.6) is 0 Å². The van der Waals surface area contributed by atoms with Crippen molar-refractivity contribution in [1.29, 1.82) is 0 Å². The summed E-state index contributed by atoms with van der Waals surface area (Å²) in [6.45, 7) is 0.0503. The molecule has 0 atom stereocenters. The van der Waals surface area contributed by atoms with Crippen LogP contribution in [0.1, 0.15) is 15.9 Å². The third kappa shape index (κ3) is 3.99. The second kappa shape index (κ2) is 7.26. The number of ether oxygens (including phenoxy) is 1. The maximum absolute atomic E-state index is 12.0. The highest BCUT2D eigenvalue weighted by Crippen LogP contribution is 2.20. The van der Waals surface area contributed by atoms with Crippen LogP contribution in [0.15, 0.2) is 59.5 Å². The summed E-state index contributed by atoms with van der Waals surface area (Å²) >= 11 is 0. The lowest BCUT2D eigenvalue weighted by Gasteiger charge is -2.09. The average Bonchev–Trinajstić information content (AvgIpc) is 3.15. The maximum Gasteiger partial charge on any atom is 0.413 e. The van der Waals surface area contributed by atoms with Gasteiger partial charge in [0.15, 0.2) is 11.6 Å². The summed E-state index contributed by atoms with van der Waals surface area (Å²) in [5.74, 6) is -1.20. The number of carboxylic acids is 1. The molecule has 25 heavy (non-hydrogen) atoms. The number of benzene rings is 1. The number of nitrogens with zero attached hydrogens (tertiary/aromatic N) is 2. The fourth-order valence-corrected chi connectivity index (χ4v) is 2.02. The Morgan fingerprint density at radius 3 is 2.68 bits per heavy atom. The van der Waals surface area contributed by atoms with Gasteiger partial charge in [0, 0.05) is 6.20 Å². The molecule has 0 saturated heterocycles. The topological polar surface area (TPSA) is 115 Å². The monoisotopic (exact) mass is 339 g/mol. The Morgan fingerprint density at radius 2 is 2.00 bits per heavy atom. The van der Waals surface area contributed by atoms with Crippen LogP contribution in [-0.4, -0.2) is 27.1 Å². The summed E-state index contributed by atoms with van der Waals surface area (Å²) in [4.78, 5) is 31.3. The van der Waals surface area contributed by atoms with Crippen molar-refractivity contribution in [2.45, 2.75) is 6.61 Å². The van der Waals surface area contributed by atoms with Gasteiger partial charge in [-0.1, -0.05) is 30.3 Å². The third-order valence-corrected chi connectivity index (χ3v) is 3.23. The fourth-order valence-electron chi connectivity index (χ4n) is 2.02. The third-order valence-electron chi connectivity index (χ3n) is 3.23. The van der Waals surface area contributed by atoms with Gasteiger partial charge in [-0.25, -0.2) is 19.6 Å². The van der Waals surface area contributed by atoms with Crippen molar-refractivity contribution < 1.29 is 23.8 Å². The van der Waals surface area contributed by atoms with E-state index in [1.54, 1.807) is 18.2 Å². The lowest BCUT2D eigenvalue weighted by atomic mass is 10.2. The largest absolute Gasteiger partial charge is 0.477 e. The fraction of sp³-hybridized carbons (Fsp3) is 0.0588. The van der Waals surface area contributed by atoms with E-state index in [1.807, 2.05) is 18.2 Å². The first kappa shape index (κ1) is 16.2. The van der Waals surface area contributed by atoms with Crippen LogP contribution in [0.25, 0.3) is 11.4 Å². The second-order valence-electron chi connectivity index (χ2n) is 4.96. The molecule has 3 rings (SSSR count). The van der Waals surface area contributed by atoms with Crippen LogP contribution in [0.2, 0.25) is 0 Å². The molecule has 1 aromatic carbocycles. The lowest BCUT2D eigenvalue weighted by molar-refractivity contribution is 0.0697. The average molecular weight is 339 g/mol. The minimum atomic E-state index is -1.27. The molecule has 1 amide bonds. The Morgan fingerprint density at radius 1 is 1.20 bits per heavy atom. The Kier molecular flexibility index (Phi) is 4.70. The number of aromatic carboxylic acids is 1. The molecule has 0 aliphatic heterocycles. The van der Waals surface area contributed by atoms with Gasteiger partial charge in [0.2, 0.25) is 0 Å². The molecular formula is C17H13N3O5. The van der Waals surface area contributed by atoms with Gasteiger partial charge in [-0.3, -0.25) is 5.32 Å². The van der Waals surface area contributed by atoms with Crippen LogP contribution in [0.4, 0.5) is 10.6 Å². The first-order valence-electron chi connectivity index (χ1n) is 7.24. The molecule has 0 bridgehead atoms. The van der Waals surface area contributed by atoms with Crippen LogP contribution in [0.3, 0.4) is 0 Å². The molecule has 8 heteroatoms. The molecule has 0 aliphatic carbocycles. The number of carbonyl (C=O) groups excluding carboxylic acids is 1. The number of carboxylic acid groups (broad SMARTS) is 1. The van der Waals surface area contributed by atoms with E-state index in [2.05, 4.69) is 15.3 Å². The van der Waals surface area contributed by atoms with E-state index < -0.39 is 12.1 Å². The lowest BCUT2D eigenvalue weighted by Crippen LogP contribution is -2.18. The van der Waals surface area contributed by atoms with Gasteiger partial charge >= 0.3 is 12.1 Å². The molecule has 126 valence electrons. The van der Waals surface area contributed by atoms with Crippen molar-refractivity contribution >= 4 is 17.9 Å². The summed E-state index contributed by atoms with van der Waals surface area (Å²) in [6, 6.07) is 10.7. The Bertz CT molecular complexity index is 879. The van der Waals surface area contributed by atoms with Gasteiger partial charge < -0.3 is 14.3 Å². The number of furan rings is 1. The number of carbonyl (C=O) groups is 2. The van der Waals surface area contributed by atoms with Crippen molar-refractivity contribution in [3.8, 4) is 11.4 Å². The van der Waals surface area contributed by atoms with E-state index in [0.717, 1.165) is 11.8 Å². The Hall–Kier alpha value is -3.68. The zero-order valence-electron chi connectivity index (χ0n) is 12.9. The first-order chi connectivity index (χ1) is 12.1. The summed E-state index contributed by atoms with van der Waals surface area (Å²) in [7, 11) is 0. The highest BCUT2D eigenvalue weighted by Gasteiger charge is 2.17. The summed E-state index contributed by atoms with van der Waals surface area (Å²) < 4.78 is 10.0. The van der Waals surface area contributed by atoms with Gasteiger partial charge in [-0.2, -0.15) is 0 Å². The van der Waals surface area contributed by atoms with E-state index in [1.165, 1.54) is 12.5 Å². The highest BCUT2D eigenvalue weighted by molar-refractivity contribution is 5.97. The number of rotatable bonds is 5. The van der Waals surface area contributed by atoms with Gasteiger partial charge in [0.1, 0.15) is 18.4 Å². The Balaban J connectivity index is 1.76. The minimum Gasteiger partial charge on any atom is -0.477 e. The molecule has 0 unspecified atom stereocenters. The van der Waals surface area contributed by atoms with E-state index in [4.69, 9.17) is 9.15 Å². The van der Waals surface area contributed by atoms with Gasteiger partial charge in [-0.15, -0.1) is 0 Å². The molecule has 2 N–H and O–H groups in total. The smallest absolute Gasteiger partial charge is 0.413 e. The zero-order chi connectivity index (χ0) is 17.6.